The van der Waals surface area contributed by atoms with Crippen LogP contribution in [0.4, 0.5) is 14.9 Å². The van der Waals surface area contributed by atoms with Gasteiger partial charge in [0.25, 0.3) is 0 Å². The molecular formula is C26H21FN2O5. The van der Waals surface area contributed by atoms with Gasteiger partial charge < -0.3 is 20.5 Å². The number of halogens is 1. The fourth-order valence-electron chi connectivity index (χ4n) is 3.98. The van der Waals surface area contributed by atoms with Crippen molar-refractivity contribution in [1.82, 2.24) is 5.32 Å². The Morgan fingerprint density at radius 3 is 2.24 bits per heavy atom. The van der Waals surface area contributed by atoms with Crippen LogP contribution in [-0.2, 0) is 9.53 Å². The van der Waals surface area contributed by atoms with Crippen LogP contribution in [0.2, 0.25) is 0 Å². The number of anilines is 1. The van der Waals surface area contributed by atoms with Crippen LogP contribution in [0.15, 0.2) is 78.9 Å². The summed E-state index contributed by atoms with van der Waals surface area (Å²) in [5.74, 6) is -3.17. The number of carbonyl (C=O) groups is 3. The summed E-state index contributed by atoms with van der Waals surface area (Å²) in [7, 11) is 0. The summed E-state index contributed by atoms with van der Waals surface area (Å²) in [5.41, 5.74) is 3.68. The molecule has 4 rings (SSSR count). The van der Waals surface area contributed by atoms with E-state index in [0.717, 1.165) is 34.4 Å². The molecule has 1 aliphatic rings. The molecule has 0 radical (unpaired) electrons. The average Bonchev–Trinajstić information content (AvgIpc) is 3.14. The molecule has 0 atom stereocenters. The Hall–Kier alpha value is -4.46. The van der Waals surface area contributed by atoms with E-state index in [1.807, 2.05) is 48.5 Å². The molecule has 0 fully saturated rings. The van der Waals surface area contributed by atoms with Crippen molar-refractivity contribution in [2.75, 3.05) is 18.5 Å². The predicted molar refractivity (Wildman–Crippen MR) is 124 cm³/mol. The minimum absolute atomic E-state index is 0.0129. The SMILES string of the molecule is O=C(/C=C/CNC(=O)OCC1c2ccccc2-c2ccccc21)Nc1cccc(F)c1C(=O)O. The standard InChI is InChI=1S/C26H21FN2O5/c27-21-11-5-12-22(24(21)25(31)32)29-23(30)13-6-14-28-26(33)34-15-20-18-9-3-1-7-16(18)17-8-2-4-10-19(17)20/h1-13,20H,14-15H2,(H,28,33)(H,29,30)(H,31,32)/b13-6+. The smallest absolute Gasteiger partial charge is 0.407 e. The Morgan fingerprint density at radius 1 is 0.941 bits per heavy atom. The van der Waals surface area contributed by atoms with Crippen LogP contribution in [0.25, 0.3) is 11.1 Å². The zero-order valence-electron chi connectivity index (χ0n) is 18.0. The lowest BCUT2D eigenvalue weighted by molar-refractivity contribution is -0.111. The Bertz CT molecular complexity index is 1240. The normalized spacial score (nSPS) is 12.1. The molecule has 3 aromatic carbocycles. The third-order valence-electron chi connectivity index (χ3n) is 5.46. The van der Waals surface area contributed by atoms with Crippen LogP contribution in [0.3, 0.4) is 0 Å². The van der Waals surface area contributed by atoms with Crippen molar-refractivity contribution in [2.24, 2.45) is 0 Å². The summed E-state index contributed by atoms with van der Waals surface area (Å²) in [6, 6.07) is 19.6. The van der Waals surface area contributed by atoms with Crippen LogP contribution < -0.4 is 10.6 Å². The zero-order valence-corrected chi connectivity index (χ0v) is 18.0. The molecule has 3 N–H and O–H groups in total. The van der Waals surface area contributed by atoms with Crippen molar-refractivity contribution in [3.8, 4) is 11.1 Å². The van der Waals surface area contributed by atoms with Gasteiger partial charge in [0.1, 0.15) is 18.0 Å². The van der Waals surface area contributed by atoms with Gasteiger partial charge in [-0.1, -0.05) is 60.7 Å². The number of hydrogen-bond donors (Lipinski definition) is 3. The van der Waals surface area contributed by atoms with Gasteiger partial charge in [0.15, 0.2) is 0 Å². The molecule has 0 saturated carbocycles. The van der Waals surface area contributed by atoms with Gasteiger partial charge >= 0.3 is 12.1 Å². The first-order chi connectivity index (χ1) is 16.5. The molecule has 0 saturated heterocycles. The number of carboxylic acid groups (broad SMARTS) is 1. The van der Waals surface area contributed by atoms with Crippen molar-refractivity contribution >= 4 is 23.7 Å². The third-order valence-corrected chi connectivity index (χ3v) is 5.46. The summed E-state index contributed by atoms with van der Waals surface area (Å²) in [5, 5.41) is 13.9. The first-order valence-corrected chi connectivity index (χ1v) is 10.5. The number of hydrogen-bond acceptors (Lipinski definition) is 4. The Balaban J connectivity index is 1.28. The molecule has 0 unspecified atom stereocenters. The minimum Gasteiger partial charge on any atom is -0.478 e. The van der Waals surface area contributed by atoms with Gasteiger partial charge in [0, 0.05) is 18.5 Å². The molecule has 0 heterocycles. The summed E-state index contributed by atoms with van der Waals surface area (Å²) >= 11 is 0. The highest BCUT2D eigenvalue weighted by Gasteiger charge is 2.28. The number of fused-ring (bicyclic) bond motifs is 3. The monoisotopic (exact) mass is 460 g/mol. The van der Waals surface area contributed by atoms with Gasteiger partial charge in [-0.2, -0.15) is 0 Å². The van der Waals surface area contributed by atoms with Gasteiger partial charge in [-0.25, -0.2) is 14.0 Å². The van der Waals surface area contributed by atoms with E-state index < -0.39 is 29.4 Å². The topological polar surface area (TPSA) is 105 Å². The lowest BCUT2D eigenvalue weighted by atomic mass is 9.98. The molecule has 3 aromatic rings. The van der Waals surface area contributed by atoms with Gasteiger partial charge in [-0.05, 0) is 34.4 Å². The molecule has 0 aliphatic heterocycles. The number of benzene rings is 3. The first kappa shape index (κ1) is 22.7. The fraction of sp³-hybridized carbons (Fsp3) is 0.115. The van der Waals surface area contributed by atoms with Gasteiger partial charge in [0.2, 0.25) is 5.91 Å². The minimum atomic E-state index is -1.49. The Labute approximate surface area is 194 Å². The second-order valence-electron chi connectivity index (χ2n) is 7.57. The molecule has 0 bridgehead atoms. The number of ether oxygens (including phenoxy) is 1. The maximum absolute atomic E-state index is 13.7. The van der Waals surface area contributed by atoms with Crippen molar-refractivity contribution in [3.63, 3.8) is 0 Å². The van der Waals surface area contributed by atoms with E-state index in [-0.39, 0.29) is 24.8 Å². The molecule has 8 heteroatoms. The van der Waals surface area contributed by atoms with Crippen LogP contribution in [-0.4, -0.2) is 36.2 Å². The van der Waals surface area contributed by atoms with Gasteiger partial charge in [-0.3, -0.25) is 4.79 Å². The molecule has 1 aliphatic carbocycles. The molecule has 0 spiro atoms. The summed E-state index contributed by atoms with van der Waals surface area (Å²) < 4.78 is 19.1. The highest BCUT2D eigenvalue weighted by atomic mass is 19.1. The van der Waals surface area contributed by atoms with Crippen LogP contribution in [0.5, 0.6) is 0 Å². The summed E-state index contributed by atoms with van der Waals surface area (Å²) in [6.07, 6.45) is 1.85. The highest BCUT2D eigenvalue weighted by Crippen LogP contribution is 2.44. The number of rotatable bonds is 7. The second kappa shape index (κ2) is 9.99. The molecule has 34 heavy (non-hydrogen) atoms. The molecule has 2 amide bonds. The first-order valence-electron chi connectivity index (χ1n) is 10.5. The van der Waals surface area contributed by atoms with Crippen molar-refractivity contribution in [3.05, 3.63) is 101 Å². The third kappa shape index (κ3) is 4.80. The number of amides is 2. The van der Waals surface area contributed by atoms with E-state index >= 15 is 0 Å². The fourth-order valence-corrected chi connectivity index (χ4v) is 3.98. The van der Waals surface area contributed by atoms with Crippen molar-refractivity contribution in [1.29, 1.82) is 0 Å². The molecule has 0 aromatic heterocycles. The lowest BCUT2D eigenvalue weighted by Crippen LogP contribution is -2.26. The van der Waals surface area contributed by atoms with E-state index in [4.69, 9.17) is 9.84 Å². The zero-order chi connectivity index (χ0) is 24.1. The maximum Gasteiger partial charge on any atom is 0.407 e. The van der Waals surface area contributed by atoms with Gasteiger partial charge in [0.05, 0.1) is 5.69 Å². The second-order valence-corrected chi connectivity index (χ2v) is 7.57. The van der Waals surface area contributed by atoms with E-state index in [0.29, 0.717) is 0 Å². The lowest BCUT2D eigenvalue weighted by Gasteiger charge is -2.14. The summed E-state index contributed by atoms with van der Waals surface area (Å²) in [4.78, 5) is 35.3. The quantitative estimate of drug-likeness (QED) is 0.449. The summed E-state index contributed by atoms with van der Waals surface area (Å²) in [6.45, 7) is 0.181. The highest BCUT2D eigenvalue weighted by molar-refractivity contribution is 6.04. The number of carbonyl (C=O) groups excluding carboxylic acids is 2. The van der Waals surface area contributed by atoms with Crippen LogP contribution >= 0.6 is 0 Å². The molecular weight excluding hydrogens is 439 g/mol. The van der Waals surface area contributed by atoms with Crippen molar-refractivity contribution < 1.29 is 28.6 Å². The van der Waals surface area contributed by atoms with E-state index in [1.54, 1.807) is 0 Å². The number of carboxylic acids is 1. The Morgan fingerprint density at radius 2 is 1.59 bits per heavy atom. The van der Waals surface area contributed by atoms with Gasteiger partial charge in [-0.15, -0.1) is 0 Å². The molecule has 172 valence electrons. The maximum atomic E-state index is 13.7. The van der Waals surface area contributed by atoms with Crippen molar-refractivity contribution in [2.45, 2.75) is 5.92 Å². The number of alkyl carbamates (subject to hydrolysis) is 1. The number of nitrogens with one attached hydrogen (secondary N) is 2. The Kier molecular flexibility index (Phi) is 6.68. The van der Waals surface area contributed by atoms with Crippen LogP contribution in [0, 0.1) is 5.82 Å². The average molecular weight is 460 g/mol. The predicted octanol–water partition coefficient (Wildman–Crippen LogP) is 4.56. The largest absolute Gasteiger partial charge is 0.478 e. The van der Waals surface area contributed by atoms with Crippen LogP contribution in [0.1, 0.15) is 27.4 Å². The molecule has 7 nitrogen and oxygen atoms in total. The van der Waals surface area contributed by atoms with E-state index in [9.17, 15) is 18.8 Å². The number of aromatic carboxylic acids is 1. The van der Waals surface area contributed by atoms with E-state index in [1.165, 1.54) is 18.2 Å². The van der Waals surface area contributed by atoms with E-state index in [2.05, 4.69) is 10.6 Å².